The second kappa shape index (κ2) is 2.09. The van der Waals surface area contributed by atoms with E-state index < -0.39 is 5.60 Å². The minimum atomic E-state index is -1.19. The van der Waals surface area contributed by atoms with E-state index in [9.17, 15) is 9.90 Å². The fourth-order valence-corrected chi connectivity index (χ4v) is 0.991. The van der Waals surface area contributed by atoms with Crippen LogP contribution in [0.3, 0.4) is 0 Å². The van der Waals surface area contributed by atoms with Gasteiger partial charge in [-0.05, 0) is 6.92 Å². The van der Waals surface area contributed by atoms with Crippen molar-refractivity contribution < 1.29 is 9.90 Å². The van der Waals surface area contributed by atoms with Crippen molar-refractivity contribution in [1.29, 1.82) is 0 Å². The highest BCUT2D eigenvalue weighted by Crippen LogP contribution is 2.12. The third-order valence-electron chi connectivity index (χ3n) is 1.57. The Bertz CT molecular complexity index is 184. The molecule has 0 spiro atoms. The van der Waals surface area contributed by atoms with Crippen LogP contribution >= 0.6 is 0 Å². The lowest BCUT2D eigenvalue weighted by Crippen LogP contribution is -2.46. The first-order valence-electron chi connectivity index (χ1n) is 3.17. The summed E-state index contributed by atoms with van der Waals surface area (Å²) in [7, 11) is 1.82. The van der Waals surface area contributed by atoms with E-state index in [-0.39, 0.29) is 5.78 Å². The summed E-state index contributed by atoms with van der Waals surface area (Å²) < 4.78 is 0. The second-order valence-corrected chi connectivity index (χ2v) is 2.87. The lowest BCUT2D eigenvalue weighted by atomic mass is 9.98. The lowest BCUT2D eigenvalue weighted by molar-refractivity contribution is -0.132. The summed E-state index contributed by atoms with van der Waals surface area (Å²) in [6.07, 6.45) is 3.06. The van der Waals surface area contributed by atoms with E-state index in [0.717, 1.165) is 0 Å². The van der Waals surface area contributed by atoms with Gasteiger partial charge in [0.2, 0.25) is 0 Å². The van der Waals surface area contributed by atoms with Gasteiger partial charge < -0.3 is 10.0 Å². The molecule has 10 heavy (non-hydrogen) atoms. The maximum Gasteiger partial charge on any atom is 0.190 e. The van der Waals surface area contributed by atoms with E-state index in [2.05, 4.69) is 0 Å². The molecular weight excluding hydrogens is 130 g/mol. The molecule has 0 aromatic rings. The average Bonchev–Trinajstić information content (AvgIpc) is 1.78. The maximum absolute atomic E-state index is 10.9. The van der Waals surface area contributed by atoms with Crippen molar-refractivity contribution in [2.45, 2.75) is 12.5 Å². The first-order valence-corrected chi connectivity index (χ1v) is 3.17. The largest absolute Gasteiger partial charge is 0.380 e. The number of carbonyl (C=O) groups excluding carboxylic acids is 1. The molecule has 1 atom stereocenters. The molecule has 3 heteroatoms. The summed E-state index contributed by atoms with van der Waals surface area (Å²) in [6.45, 7) is 1.90. The fourth-order valence-electron chi connectivity index (χ4n) is 0.991. The Balaban J connectivity index is 2.82. The Morgan fingerprint density at radius 2 is 2.40 bits per heavy atom. The van der Waals surface area contributed by atoms with Crippen molar-refractivity contribution in [3.05, 3.63) is 12.3 Å². The normalized spacial score (nSPS) is 33.1. The van der Waals surface area contributed by atoms with Crippen LogP contribution in [0.2, 0.25) is 0 Å². The molecule has 0 unspecified atom stereocenters. The highest BCUT2D eigenvalue weighted by molar-refractivity contribution is 5.97. The van der Waals surface area contributed by atoms with Crippen LogP contribution in [0, 0.1) is 0 Å². The van der Waals surface area contributed by atoms with Gasteiger partial charge in [-0.15, -0.1) is 0 Å². The molecule has 0 fully saturated rings. The van der Waals surface area contributed by atoms with Gasteiger partial charge in [-0.2, -0.15) is 0 Å². The molecule has 0 bridgehead atoms. The van der Waals surface area contributed by atoms with Gasteiger partial charge in [0.25, 0.3) is 0 Å². The van der Waals surface area contributed by atoms with Crippen LogP contribution in [0.4, 0.5) is 0 Å². The molecule has 0 saturated carbocycles. The van der Waals surface area contributed by atoms with Crippen LogP contribution in [0.25, 0.3) is 0 Å². The van der Waals surface area contributed by atoms with Gasteiger partial charge in [0.05, 0.1) is 6.54 Å². The van der Waals surface area contributed by atoms with Crippen molar-refractivity contribution >= 4 is 5.78 Å². The third-order valence-corrected chi connectivity index (χ3v) is 1.57. The number of β-amino-alcohol motifs (C(OH)–C–C–N with tert-alkyl or cyclic N) is 1. The molecule has 1 aliphatic rings. The quantitative estimate of drug-likeness (QED) is 0.506. The summed E-state index contributed by atoms with van der Waals surface area (Å²) >= 11 is 0. The van der Waals surface area contributed by atoms with Crippen LogP contribution in [0.5, 0.6) is 0 Å². The molecule has 0 amide bonds. The molecule has 0 aromatic carbocycles. The molecular formula is C7H11NO2. The Morgan fingerprint density at radius 3 is 2.80 bits per heavy atom. The number of carbonyl (C=O) groups is 1. The van der Waals surface area contributed by atoms with Gasteiger partial charge >= 0.3 is 0 Å². The van der Waals surface area contributed by atoms with Gasteiger partial charge in [0, 0.05) is 19.3 Å². The predicted octanol–water partition coefficient (Wildman–Crippen LogP) is -0.234. The molecule has 56 valence electrons. The Labute approximate surface area is 59.9 Å². The summed E-state index contributed by atoms with van der Waals surface area (Å²) in [4.78, 5) is 12.7. The minimum Gasteiger partial charge on any atom is -0.380 e. The van der Waals surface area contributed by atoms with Crippen LogP contribution in [-0.4, -0.2) is 35.0 Å². The molecule has 1 N–H and O–H groups in total. The number of likely N-dealkylation sites (N-methyl/N-ethyl adjacent to an activating group) is 1. The number of rotatable bonds is 0. The first-order chi connectivity index (χ1) is 4.52. The van der Waals surface area contributed by atoms with Crippen LogP contribution in [-0.2, 0) is 4.79 Å². The molecule has 1 rings (SSSR count). The van der Waals surface area contributed by atoms with Crippen molar-refractivity contribution in [2.75, 3.05) is 13.6 Å². The van der Waals surface area contributed by atoms with Crippen molar-refractivity contribution in [3.63, 3.8) is 0 Å². The van der Waals surface area contributed by atoms with E-state index in [1.165, 1.54) is 13.0 Å². The zero-order valence-corrected chi connectivity index (χ0v) is 6.16. The lowest BCUT2D eigenvalue weighted by Gasteiger charge is -2.29. The standard InChI is InChI=1S/C7H11NO2/c1-7(10)5-8(2)4-3-6(7)9/h3-4,10H,5H2,1-2H3/t7-/m1/s1. The van der Waals surface area contributed by atoms with Gasteiger partial charge in [-0.25, -0.2) is 0 Å². The molecule has 0 saturated heterocycles. The number of ketones is 1. The number of nitrogens with zero attached hydrogens (tertiary/aromatic N) is 1. The predicted molar refractivity (Wildman–Crippen MR) is 37.4 cm³/mol. The van der Waals surface area contributed by atoms with E-state index in [1.807, 2.05) is 7.05 Å². The number of hydrogen-bond acceptors (Lipinski definition) is 3. The van der Waals surface area contributed by atoms with Crippen LogP contribution in [0.1, 0.15) is 6.92 Å². The molecule has 3 nitrogen and oxygen atoms in total. The van der Waals surface area contributed by atoms with Crippen molar-refractivity contribution in [1.82, 2.24) is 4.90 Å². The number of hydrogen-bond donors (Lipinski definition) is 1. The van der Waals surface area contributed by atoms with Gasteiger partial charge in [-0.1, -0.05) is 0 Å². The highest BCUT2D eigenvalue weighted by Gasteiger charge is 2.31. The molecule has 1 heterocycles. The minimum absolute atomic E-state index is 0.217. The summed E-state index contributed by atoms with van der Waals surface area (Å²) in [5.74, 6) is -0.217. The zero-order chi connectivity index (χ0) is 7.78. The SMILES string of the molecule is CN1C=CC(=O)[C@](C)(O)C1. The molecule has 0 aromatic heterocycles. The molecule has 1 aliphatic heterocycles. The first kappa shape index (κ1) is 7.28. The van der Waals surface area contributed by atoms with Gasteiger partial charge in [0.1, 0.15) is 5.60 Å². The average molecular weight is 141 g/mol. The Kier molecular flexibility index (Phi) is 1.52. The van der Waals surface area contributed by atoms with Crippen LogP contribution < -0.4 is 0 Å². The molecule has 0 aliphatic carbocycles. The third kappa shape index (κ3) is 1.19. The maximum atomic E-state index is 10.9. The summed E-state index contributed by atoms with van der Waals surface area (Å²) in [5.41, 5.74) is -1.19. The smallest absolute Gasteiger partial charge is 0.190 e. The van der Waals surface area contributed by atoms with Gasteiger partial charge in [-0.3, -0.25) is 4.79 Å². The van der Waals surface area contributed by atoms with Gasteiger partial charge in [0.15, 0.2) is 5.78 Å². The summed E-state index contributed by atoms with van der Waals surface area (Å²) in [6, 6.07) is 0. The topological polar surface area (TPSA) is 40.5 Å². The number of aliphatic hydroxyl groups is 1. The van der Waals surface area contributed by atoms with E-state index >= 15 is 0 Å². The monoisotopic (exact) mass is 141 g/mol. The second-order valence-electron chi connectivity index (χ2n) is 2.87. The van der Waals surface area contributed by atoms with E-state index in [4.69, 9.17) is 0 Å². The Morgan fingerprint density at radius 1 is 1.80 bits per heavy atom. The Hall–Kier alpha value is -0.830. The zero-order valence-electron chi connectivity index (χ0n) is 6.16. The highest BCUT2D eigenvalue weighted by atomic mass is 16.3. The van der Waals surface area contributed by atoms with E-state index in [1.54, 1.807) is 11.1 Å². The van der Waals surface area contributed by atoms with Crippen LogP contribution in [0.15, 0.2) is 12.3 Å². The molecule has 0 radical (unpaired) electrons. The fraction of sp³-hybridized carbons (Fsp3) is 0.571. The van der Waals surface area contributed by atoms with E-state index in [0.29, 0.717) is 6.54 Å². The van der Waals surface area contributed by atoms with Crippen molar-refractivity contribution in [2.24, 2.45) is 0 Å². The summed E-state index contributed by atoms with van der Waals surface area (Å²) in [5, 5.41) is 9.37. The van der Waals surface area contributed by atoms with Crippen molar-refractivity contribution in [3.8, 4) is 0 Å².